The first-order valence-electron chi connectivity index (χ1n) is 8.41. The van der Waals surface area contributed by atoms with Crippen LogP contribution in [-0.2, 0) is 4.43 Å². The van der Waals surface area contributed by atoms with Crippen LogP contribution in [0.15, 0.2) is 30.3 Å². The van der Waals surface area contributed by atoms with Crippen LogP contribution in [0, 0.1) is 5.92 Å². The average molecular weight is 305 g/mol. The van der Waals surface area contributed by atoms with E-state index < -0.39 is 8.32 Å². The first-order chi connectivity index (χ1) is 10.1. The molecule has 1 aromatic rings. The summed E-state index contributed by atoms with van der Waals surface area (Å²) < 4.78 is 6.54. The van der Waals surface area contributed by atoms with E-state index in [-0.39, 0.29) is 11.9 Å². The first kappa shape index (κ1) is 16.4. The van der Waals surface area contributed by atoms with Crippen molar-refractivity contribution in [2.75, 3.05) is 0 Å². The number of Topliss-reactive ketones (excluding diaryl/α,β-unsaturated/α-hetero) is 1. The highest BCUT2D eigenvalue weighted by molar-refractivity contribution is 6.73. The Morgan fingerprint density at radius 1 is 1.14 bits per heavy atom. The number of carbonyl (C=O) groups excluding carboxylic acids is 1. The number of hydrogen-bond acceptors (Lipinski definition) is 2. The Hall–Kier alpha value is -0.933. The molecule has 0 heterocycles. The van der Waals surface area contributed by atoms with Gasteiger partial charge in [0.25, 0.3) is 0 Å². The third kappa shape index (κ3) is 4.27. The van der Waals surface area contributed by atoms with E-state index in [0.29, 0.717) is 5.92 Å². The van der Waals surface area contributed by atoms with Gasteiger partial charge in [0.1, 0.15) is 6.10 Å². The summed E-state index contributed by atoms with van der Waals surface area (Å²) in [4.78, 5) is 12.8. The second-order valence-corrected chi connectivity index (χ2v) is 11.0. The van der Waals surface area contributed by atoms with Crippen LogP contribution in [0.4, 0.5) is 0 Å². The maximum atomic E-state index is 12.8. The van der Waals surface area contributed by atoms with E-state index in [4.69, 9.17) is 4.43 Å². The van der Waals surface area contributed by atoms with Gasteiger partial charge in [-0.25, -0.2) is 0 Å². The Morgan fingerprint density at radius 2 is 1.71 bits per heavy atom. The molecular formula is C18H28O2Si. The van der Waals surface area contributed by atoms with Gasteiger partial charge in [0.05, 0.1) is 0 Å². The van der Waals surface area contributed by atoms with Gasteiger partial charge in [0, 0.05) is 5.56 Å². The molecule has 1 atom stereocenters. The van der Waals surface area contributed by atoms with Gasteiger partial charge in [-0.05, 0) is 30.5 Å². The van der Waals surface area contributed by atoms with E-state index >= 15 is 0 Å². The minimum absolute atomic E-state index is 0.190. The maximum absolute atomic E-state index is 12.8. The molecule has 1 aliphatic rings. The number of rotatable bonds is 9. The summed E-state index contributed by atoms with van der Waals surface area (Å²) in [6.07, 6.45) is 3.23. The third-order valence-electron chi connectivity index (χ3n) is 4.92. The molecule has 2 rings (SSSR count). The Kier molecular flexibility index (Phi) is 5.77. The molecule has 0 N–H and O–H groups in total. The van der Waals surface area contributed by atoms with Gasteiger partial charge in [-0.2, -0.15) is 0 Å². The van der Waals surface area contributed by atoms with E-state index in [1.165, 1.54) is 12.8 Å². The predicted molar refractivity (Wildman–Crippen MR) is 90.2 cm³/mol. The van der Waals surface area contributed by atoms with Gasteiger partial charge in [0.15, 0.2) is 14.1 Å². The second-order valence-electron chi connectivity index (χ2n) is 6.26. The Labute approximate surface area is 130 Å². The molecule has 1 fully saturated rings. The van der Waals surface area contributed by atoms with Gasteiger partial charge in [-0.3, -0.25) is 4.79 Å². The molecule has 0 spiro atoms. The third-order valence-corrected chi connectivity index (χ3v) is 9.57. The minimum Gasteiger partial charge on any atom is -0.407 e. The van der Waals surface area contributed by atoms with Crippen molar-refractivity contribution in [2.45, 2.75) is 64.3 Å². The van der Waals surface area contributed by atoms with Gasteiger partial charge in [0.2, 0.25) is 0 Å². The van der Waals surface area contributed by atoms with Gasteiger partial charge >= 0.3 is 0 Å². The molecule has 0 bridgehead atoms. The van der Waals surface area contributed by atoms with Crippen LogP contribution in [0.5, 0.6) is 0 Å². The summed E-state index contributed by atoms with van der Waals surface area (Å²) in [6, 6.07) is 13.0. The van der Waals surface area contributed by atoms with E-state index in [1.54, 1.807) is 0 Å². The molecule has 0 aliphatic heterocycles. The van der Waals surface area contributed by atoms with Crippen LogP contribution >= 0.6 is 0 Å². The SMILES string of the molecule is CC[Si](CC)(CC)OC(CC1CC1)C(=O)c1ccccc1. The normalized spacial score (nSPS) is 16.7. The van der Waals surface area contributed by atoms with Gasteiger partial charge < -0.3 is 4.43 Å². The van der Waals surface area contributed by atoms with Crippen molar-refractivity contribution in [1.29, 1.82) is 0 Å². The minimum atomic E-state index is -1.74. The Balaban J connectivity index is 2.15. The van der Waals surface area contributed by atoms with Crippen molar-refractivity contribution in [3.8, 4) is 0 Å². The number of benzene rings is 1. The molecule has 21 heavy (non-hydrogen) atoms. The van der Waals surface area contributed by atoms with Crippen LogP contribution in [0.25, 0.3) is 0 Å². The molecule has 3 heteroatoms. The highest BCUT2D eigenvalue weighted by Crippen LogP contribution is 2.36. The standard InChI is InChI=1S/C18H28O2Si/c1-4-21(5-2,6-3)20-17(14-15-12-13-15)18(19)16-10-8-7-9-11-16/h7-11,15,17H,4-6,12-14H2,1-3H3. The highest BCUT2D eigenvalue weighted by atomic mass is 28.4. The van der Waals surface area contributed by atoms with Crippen molar-refractivity contribution in [1.82, 2.24) is 0 Å². The molecule has 0 saturated heterocycles. The lowest BCUT2D eigenvalue weighted by atomic mass is 10.0. The zero-order chi connectivity index (χ0) is 15.3. The monoisotopic (exact) mass is 304 g/mol. The molecule has 116 valence electrons. The van der Waals surface area contributed by atoms with E-state index in [2.05, 4.69) is 20.8 Å². The summed E-state index contributed by atoms with van der Waals surface area (Å²) in [5, 5.41) is 0. The van der Waals surface area contributed by atoms with Crippen LogP contribution < -0.4 is 0 Å². The fraction of sp³-hybridized carbons (Fsp3) is 0.611. The first-order valence-corrected chi connectivity index (χ1v) is 10.9. The molecule has 2 nitrogen and oxygen atoms in total. The van der Waals surface area contributed by atoms with E-state index in [9.17, 15) is 4.79 Å². The van der Waals surface area contributed by atoms with E-state index in [0.717, 1.165) is 30.1 Å². The van der Waals surface area contributed by atoms with Crippen molar-refractivity contribution in [3.05, 3.63) is 35.9 Å². The number of carbonyl (C=O) groups is 1. The Morgan fingerprint density at radius 3 is 2.19 bits per heavy atom. The lowest BCUT2D eigenvalue weighted by Gasteiger charge is -2.32. The molecule has 1 aromatic carbocycles. The lowest BCUT2D eigenvalue weighted by molar-refractivity contribution is 0.0746. The quantitative estimate of drug-likeness (QED) is 0.471. The van der Waals surface area contributed by atoms with Gasteiger partial charge in [-0.15, -0.1) is 0 Å². The zero-order valence-corrected chi connectivity index (χ0v) is 14.6. The fourth-order valence-electron chi connectivity index (χ4n) is 2.96. The van der Waals surface area contributed by atoms with Crippen molar-refractivity contribution < 1.29 is 9.22 Å². The number of hydrogen-bond donors (Lipinski definition) is 0. The van der Waals surface area contributed by atoms with Crippen molar-refractivity contribution in [2.24, 2.45) is 5.92 Å². The Bertz CT molecular complexity index is 441. The van der Waals surface area contributed by atoms with Gasteiger partial charge in [-0.1, -0.05) is 63.9 Å². The smallest absolute Gasteiger partial charge is 0.193 e. The molecule has 1 aliphatic carbocycles. The second kappa shape index (κ2) is 7.37. The lowest BCUT2D eigenvalue weighted by Crippen LogP contribution is -2.43. The maximum Gasteiger partial charge on any atom is 0.193 e. The summed E-state index contributed by atoms with van der Waals surface area (Å²) in [5.74, 6) is 0.898. The fourth-order valence-corrected chi connectivity index (χ4v) is 5.76. The zero-order valence-electron chi connectivity index (χ0n) is 13.6. The predicted octanol–water partition coefficient (Wildman–Crippen LogP) is 5.06. The molecule has 0 aromatic heterocycles. The highest BCUT2D eigenvalue weighted by Gasteiger charge is 2.37. The average Bonchev–Trinajstić information content (AvgIpc) is 3.36. The number of ketones is 1. The largest absolute Gasteiger partial charge is 0.407 e. The van der Waals surface area contributed by atoms with Crippen LogP contribution in [0.2, 0.25) is 18.1 Å². The molecule has 1 saturated carbocycles. The van der Waals surface area contributed by atoms with Crippen LogP contribution in [-0.4, -0.2) is 20.2 Å². The van der Waals surface area contributed by atoms with E-state index in [1.807, 2.05) is 30.3 Å². The topological polar surface area (TPSA) is 26.3 Å². The van der Waals surface area contributed by atoms with Crippen molar-refractivity contribution in [3.63, 3.8) is 0 Å². The summed E-state index contributed by atoms with van der Waals surface area (Å²) >= 11 is 0. The van der Waals surface area contributed by atoms with Crippen LogP contribution in [0.3, 0.4) is 0 Å². The summed E-state index contributed by atoms with van der Waals surface area (Å²) in [6.45, 7) is 6.67. The molecular weight excluding hydrogens is 276 g/mol. The van der Waals surface area contributed by atoms with Crippen molar-refractivity contribution >= 4 is 14.1 Å². The molecule has 0 radical (unpaired) electrons. The van der Waals surface area contributed by atoms with Crippen LogP contribution in [0.1, 0.15) is 50.4 Å². The summed E-state index contributed by atoms with van der Waals surface area (Å²) in [7, 11) is -1.74. The summed E-state index contributed by atoms with van der Waals surface area (Å²) in [5.41, 5.74) is 0.800. The molecule has 0 amide bonds. The molecule has 1 unspecified atom stereocenters.